The molecule has 106 valence electrons. The van der Waals surface area contributed by atoms with E-state index >= 15 is 0 Å². The molecule has 2 rings (SSSR count). The zero-order chi connectivity index (χ0) is 14.9. The molecule has 0 aliphatic heterocycles. The number of hydrogen-bond acceptors (Lipinski definition) is 4. The maximum Gasteiger partial charge on any atom is 0.221 e. The number of carbonyl (C=O) groups excluding carboxylic acids is 1. The van der Waals surface area contributed by atoms with Crippen molar-refractivity contribution < 1.29 is 19.7 Å². The molecule has 0 saturated carbocycles. The zero-order valence-electron chi connectivity index (χ0n) is 11.6. The van der Waals surface area contributed by atoms with Crippen molar-refractivity contribution >= 4 is 22.4 Å². The van der Waals surface area contributed by atoms with Gasteiger partial charge in [0, 0.05) is 29.4 Å². The van der Waals surface area contributed by atoms with Gasteiger partial charge in [0.25, 0.3) is 0 Å². The minimum atomic E-state index is -0.236. The molecule has 20 heavy (non-hydrogen) atoms. The molecule has 0 radical (unpaired) electrons. The van der Waals surface area contributed by atoms with Crippen molar-refractivity contribution in [1.82, 2.24) is 0 Å². The molecular formula is C15H17NO4. The Kier molecular flexibility index (Phi) is 3.70. The first-order valence-electron chi connectivity index (χ1n) is 6.31. The molecule has 0 saturated heterocycles. The summed E-state index contributed by atoms with van der Waals surface area (Å²) in [4.78, 5) is 11.1. The van der Waals surface area contributed by atoms with Crippen LogP contribution in [-0.2, 0) is 4.79 Å². The van der Waals surface area contributed by atoms with Crippen LogP contribution in [-0.4, -0.2) is 22.2 Å². The summed E-state index contributed by atoms with van der Waals surface area (Å²) in [5, 5.41) is 23.4. The molecule has 2 aromatic rings. The molecule has 5 heteroatoms. The van der Waals surface area contributed by atoms with Gasteiger partial charge in [-0.25, -0.2) is 0 Å². The first-order valence-corrected chi connectivity index (χ1v) is 6.31. The minimum absolute atomic E-state index is 0.0773. The number of anilines is 1. The predicted octanol–water partition coefficient (Wildman–Crippen LogP) is 3.00. The maximum atomic E-state index is 11.1. The summed E-state index contributed by atoms with van der Waals surface area (Å²) in [6.45, 7) is 5.16. The molecule has 0 bridgehead atoms. The lowest BCUT2D eigenvalue weighted by Crippen LogP contribution is -2.07. The molecule has 0 atom stereocenters. The number of ether oxygens (including phenoxy) is 1. The van der Waals surface area contributed by atoms with E-state index in [9.17, 15) is 15.0 Å². The fourth-order valence-corrected chi connectivity index (χ4v) is 2.00. The van der Waals surface area contributed by atoms with Gasteiger partial charge in [-0.15, -0.1) is 0 Å². The lowest BCUT2D eigenvalue weighted by atomic mass is 10.1. The van der Waals surface area contributed by atoms with E-state index in [-0.39, 0.29) is 23.5 Å². The first-order chi connectivity index (χ1) is 9.38. The number of benzene rings is 2. The van der Waals surface area contributed by atoms with Gasteiger partial charge in [-0.1, -0.05) is 0 Å². The molecule has 0 aliphatic carbocycles. The maximum absolute atomic E-state index is 11.1. The standard InChI is InChI=1S/C15H17NO4/c1-8(2)20-14-7-13(18)15(19)11-5-4-10(6-12(11)14)16-9(3)17/h4-8,18-19H,1-3H3,(H,16,17). The summed E-state index contributed by atoms with van der Waals surface area (Å²) in [6.07, 6.45) is -0.0773. The fraction of sp³-hybridized carbons (Fsp3) is 0.267. The highest BCUT2D eigenvalue weighted by Gasteiger charge is 2.13. The number of phenols is 2. The molecule has 0 aromatic heterocycles. The average Bonchev–Trinajstić information content (AvgIpc) is 2.34. The van der Waals surface area contributed by atoms with Gasteiger partial charge in [0.2, 0.25) is 5.91 Å². The van der Waals surface area contributed by atoms with Crippen LogP contribution in [0.3, 0.4) is 0 Å². The zero-order valence-corrected chi connectivity index (χ0v) is 11.6. The van der Waals surface area contributed by atoms with Crippen molar-refractivity contribution in [1.29, 1.82) is 0 Å². The molecular weight excluding hydrogens is 258 g/mol. The summed E-state index contributed by atoms with van der Waals surface area (Å²) in [5.41, 5.74) is 0.601. The Balaban J connectivity index is 2.63. The second-order valence-electron chi connectivity index (χ2n) is 4.85. The van der Waals surface area contributed by atoms with E-state index in [2.05, 4.69) is 5.32 Å². The summed E-state index contributed by atoms with van der Waals surface area (Å²) < 4.78 is 5.64. The van der Waals surface area contributed by atoms with Crippen LogP contribution >= 0.6 is 0 Å². The average molecular weight is 275 g/mol. The number of hydrogen-bond donors (Lipinski definition) is 3. The lowest BCUT2D eigenvalue weighted by Gasteiger charge is -2.15. The van der Waals surface area contributed by atoms with Gasteiger partial charge in [0.15, 0.2) is 11.5 Å². The van der Waals surface area contributed by atoms with Crippen molar-refractivity contribution in [2.24, 2.45) is 0 Å². The van der Waals surface area contributed by atoms with Crippen LogP contribution in [0.2, 0.25) is 0 Å². The number of aromatic hydroxyl groups is 2. The molecule has 3 N–H and O–H groups in total. The fourth-order valence-electron chi connectivity index (χ4n) is 2.00. The van der Waals surface area contributed by atoms with E-state index in [1.807, 2.05) is 13.8 Å². The molecule has 0 heterocycles. The van der Waals surface area contributed by atoms with Gasteiger partial charge in [-0.3, -0.25) is 4.79 Å². The van der Waals surface area contributed by atoms with Crippen LogP contribution in [0.1, 0.15) is 20.8 Å². The third kappa shape index (κ3) is 2.77. The van der Waals surface area contributed by atoms with Crippen LogP contribution in [0.15, 0.2) is 24.3 Å². The second-order valence-corrected chi connectivity index (χ2v) is 4.85. The summed E-state index contributed by atoms with van der Waals surface area (Å²) in [7, 11) is 0. The topological polar surface area (TPSA) is 78.8 Å². The van der Waals surface area contributed by atoms with Crippen molar-refractivity contribution in [3.8, 4) is 17.2 Å². The Hall–Kier alpha value is -2.43. The molecule has 0 spiro atoms. The monoisotopic (exact) mass is 275 g/mol. The Labute approximate surface area is 116 Å². The van der Waals surface area contributed by atoms with Crippen LogP contribution < -0.4 is 10.1 Å². The predicted molar refractivity (Wildman–Crippen MR) is 77.3 cm³/mol. The van der Waals surface area contributed by atoms with Crippen molar-refractivity contribution in [3.63, 3.8) is 0 Å². The molecule has 2 aromatic carbocycles. The number of nitrogens with one attached hydrogen (secondary N) is 1. The van der Waals surface area contributed by atoms with E-state index in [0.717, 1.165) is 0 Å². The van der Waals surface area contributed by atoms with E-state index in [1.54, 1.807) is 18.2 Å². The number of carbonyl (C=O) groups is 1. The highest BCUT2D eigenvalue weighted by atomic mass is 16.5. The van der Waals surface area contributed by atoms with Gasteiger partial charge >= 0.3 is 0 Å². The van der Waals surface area contributed by atoms with Crippen molar-refractivity contribution in [3.05, 3.63) is 24.3 Å². The summed E-state index contributed by atoms with van der Waals surface area (Å²) in [6, 6.07) is 6.35. The third-order valence-electron chi connectivity index (χ3n) is 2.73. The van der Waals surface area contributed by atoms with Crippen LogP contribution in [0.25, 0.3) is 10.8 Å². The highest BCUT2D eigenvalue weighted by molar-refractivity contribution is 5.99. The minimum Gasteiger partial charge on any atom is -0.504 e. The quantitative estimate of drug-likeness (QED) is 0.752. The summed E-state index contributed by atoms with van der Waals surface area (Å²) >= 11 is 0. The van der Waals surface area contributed by atoms with Crippen LogP contribution in [0.5, 0.6) is 17.2 Å². The number of rotatable bonds is 3. The Morgan fingerprint density at radius 1 is 1.20 bits per heavy atom. The third-order valence-corrected chi connectivity index (χ3v) is 2.73. The van der Waals surface area contributed by atoms with Crippen LogP contribution in [0, 0.1) is 0 Å². The van der Waals surface area contributed by atoms with Gasteiger partial charge in [-0.05, 0) is 32.0 Å². The van der Waals surface area contributed by atoms with E-state index in [1.165, 1.54) is 13.0 Å². The summed E-state index contributed by atoms with van der Waals surface area (Å²) in [5.74, 6) is -0.165. The molecule has 0 unspecified atom stereocenters. The van der Waals surface area contributed by atoms with Gasteiger partial charge in [0.1, 0.15) is 5.75 Å². The van der Waals surface area contributed by atoms with E-state index in [4.69, 9.17) is 4.74 Å². The molecule has 5 nitrogen and oxygen atoms in total. The van der Waals surface area contributed by atoms with Gasteiger partial charge < -0.3 is 20.3 Å². The normalized spacial score (nSPS) is 10.8. The smallest absolute Gasteiger partial charge is 0.221 e. The van der Waals surface area contributed by atoms with Crippen molar-refractivity contribution in [2.75, 3.05) is 5.32 Å². The van der Waals surface area contributed by atoms with Gasteiger partial charge in [0.05, 0.1) is 6.10 Å². The number of fused-ring (bicyclic) bond motifs is 1. The Morgan fingerprint density at radius 2 is 1.90 bits per heavy atom. The lowest BCUT2D eigenvalue weighted by molar-refractivity contribution is -0.114. The Morgan fingerprint density at radius 3 is 2.50 bits per heavy atom. The van der Waals surface area contributed by atoms with E-state index < -0.39 is 0 Å². The van der Waals surface area contributed by atoms with Gasteiger partial charge in [-0.2, -0.15) is 0 Å². The number of phenolic OH excluding ortho intramolecular Hbond substituents is 2. The Bertz CT molecular complexity index is 664. The SMILES string of the molecule is CC(=O)Nc1ccc2c(O)c(O)cc(OC(C)C)c2c1. The molecule has 0 aliphatic rings. The number of amides is 1. The van der Waals surface area contributed by atoms with E-state index in [0.29, 0.717) is 22.2 Å². The highest BCUT2D eigenvalue weighted by Crippen LogP contribution is 2.41. The van der Waals surface area contributed by atoms with Crippen molar-refractivity contribution in [2.45, 2.75) is 26.9 Å². The molecule has 0 fully saturated rings. The largest absolute Gasteiger partial charge is 0.504 e. The first kappa shape index (κ1) is 14.0. The molecule has 1 amide bonds. The van der Waals surface area contributed by atoms with Crippen LogP contribution in [0.4, 0.5) is 5.69 Å². The second kappa shape index (κ2) is 5.28.